The molecule has 0 heterocycles. The van der Waals surface area contributed by atoms with E-state index < -0.39 is 25.7 Å². The summed E-state index contributed by atoms with van der Waals surface area (Å²) in [6.07, 6.45) is 13.6. The van der Waals surface area contributed by atoms with Crippen molar-refractivity contribution >= 4 is 25.7 Å². The second-order valence-electron chi connectivity index (χ2n) is 11.6. The van der Waals surface area contributed by atoms with Gasteiger partial charge in [-0.2, -0.15) is 0 Å². The summed E-state index contributed by atoms with van der Waals surface area (Å²) in [7, 11) is 0. The first-order valence-electron chi connectivity index (χ1n) is 19.5. The Bertz CT molecular complexity index is 666. The van der Waals surface area contributed by atoms with Crippen LogP contribution < -0.4 is 5.32 Å². The van der Waals surface area contributed by atoms with Crippen molar-refractivity contribution in [1.82, 2.24) is 5.32 Å². The SMILES string of the molecule is CCCCCCCCCCCCOCCOCCOCCOCCOCCOCCOCCOC(=O)NCC[CH2][Sn]([O]CC)([O]CC)[O]CC. The van der Waals surface area contributed by atoms with E-state index >= 15 is 0 Å². The fraction of sp³-hybridized carbons (Fsp3) is 0.972. The number of rotatable bonds is 42. The Morgan fingerprint density at radius 3 is 1.14 bits per heavy atom. The van der Waals surface area contributed by atoms with Crippen LogP contribution >= 0.6 is 0 Å². The van der Waals surface area contributed by atoms with Crippen LogP contribution in [0.4, 0.5) is 4.79 Å². The van der Waals surface area contributed by atoms with Crippen molar-refractivity contribution in [1.29, 1.82) is 0 Å². The molecule has 0 fully saturated rings. The molecule has 0 atom stereocenters. The van der Waals surface area contributed by atoms with Gasteiger partial charge in [-0.15, -0.1) is 0 Å². The van der Waals surface area contributed by atoms with Gasteiger partial charge in [0, 0.05) is 6.61 Å². The number of amides is 1. The Kier molecular flexibility index (Phi) is 41.2. The maximum atomic E-state index is 11.9. The van der Waals surface area contributed by atoms with E-state index in [0.29, 0.717) is 123 Å². The first-order valence-corrected chi connectivity index (χ1v) is 25.0. The third-order valence-corrected chi connectivity index (χ3v) is 16.4. The molecular weight excluding hydrogens is 757 g/mol. The van der Waals surface area contributed by atoms with E-state index in [1.807, 2.05) is 20.8 Å². The van der Waals surface area contributed by atoms with Crippen LogP contribution in [0.3, 0.4) is 0 Å². The van der Waals surface area contributed by atoms with Crippen LogP contribution in [0.1, 0.15) is 98.3 Å². The summed E-state index contributed by atoms with van der Waals surface area (Å²) >= 11 is -3.52. The molecule has 0 bridgehead atoms. The van der Waals surface area contributed by atoms with E-state index in [0.717, 1.165) is 13.0 Å². The summed E-state index contributed by atoms with van der Waals surface area (Å²) in [5.41, 5.74) is 0. The summed E-state index contributed by atoms with van der Waals surface area (Å²) < 4.78 is 62.1. The van der Waals surface area contributed by atoms with E-state index in [-0.39, 0.29) is 6.61 Å². The van der Waals surface area contributed by atoms with Crippen molar-refractivity contribution in [3.8, 4) is 0 Å². The molecule has 0 saturated carbocycles. The maximum absolute atomic E-state index is 11.9. The molecule has 0 saturated heterocycles. The van der Waals surface area contributed by atoms with Gasteiger partial charge in [-0.3, -0.25) is 0 Å². The van der Waals surface area contributed by atoms with Crippen molar-refractivity contribution in [3.05, 3.63) is 0 Å². The zero-order valence-corrected chi connectivity index (χ0v) is 35.2. The van der Waals surface area contributed by atoms with Crippen LogP contribution in [0, 0.1) is 0 Å². The molecule has 14 heteroatoms. The number of carbonyl (C=O) groups excluding carboxylic acids is 1. The van der Waals surface area contributed by atoms with Crippen molar-refractivity contribution in [2.24, 2.45) is 0 Å². The van der Waals surface area contributed by atoms with Crippen molar-refractivity contribution < 1.29 is 51.9 Å². The van der Waals surface area contributed by atoms with Crippen molar-refractivity contribution in [3.63, 3.8) is 0 Å². The van der Waals surface area contributed by atoms with E-state index in [2.05, 4.69) is 12.2 Å². The second-order valence-corrected chi connectivity index (χ2v) is 19.4. The first-order chi connectivity index (χ1) is 24.6. The fourth-order valence-electron chi connectivity index (χ4n) is 4.85. The summed E-state index contributed by atoms with van der Waals surface area (Å²) in [5, 5.41) is 2.74. The van der Waals surface area contributed by atoms with Crippen molar-refractivity contribution in [2.45, 2.75) is 103 Å². The van der Waals surface area contributed by atoms with Crippen LogP contribution in [0.15, 0.2) is 0 Å². The van der Waals surface area contributed by atoms with Crippen molar-refractivity contribution in [2.75, 3.05) is 125 Å². The van der Waals surface area contributed by atoms with Gasteiger partial charge < -0.3 is 23.7 Å². The monoisotopic (exact) mass is 833 g/mol. The van der Waals surface area contributed by atoms with Gasteiger partial charge >= 0.3 is 144 Å². The minimum absolute atomic E-state index is 0.169. The van der Waals surface area contributed by atoms with E-state index in [1.165, 1.54) is 57.8 Å². The third kappa shape index (κ3) is 36.0. The number of hydrogen-bond acceptors (Lipinski definition) is 12. The average Bonchev–Trinajstić information content (AvgIpc) is 3.11. The Morgan fingerprint density at radius 1 is 0.420 bits per heavy atom. The molecule has 0 aliphatic heterocycles. The molecule has 1 N–H and O–H groups in total. The average molecular weight is 833 g/mol. The van der Waals surface area contributed by atoms with Gasteiger partial charge in [-0.1, -0.05) is 64.7 Å². The summed E-state index contributed by atoms with van der Waals surface area (Å²) in [6.45, 7) is 17.7. The zero-order valence-electron chi connectivity index (χ0n) is 32.3. The second kappa shape index (κ2) is 41.4. The molecule has 300 valence electrons. The first kappa shape index (κ1) is 49.7. The number of nitrogens with one attached hydrogen (secondary N) is 1. The van der Waals surface area contributed by atoms with Crippen LogP contribution in [0.2, 0.25) is 4.44 Å². The van der Waals surface area contributed by atoms with E-state index in [4.69, 9.17) is 47.1 Å². The molecule has 0 aliphatic rings. The molecule has 0 unspecified atom stereocenters. The van der Waals surface area contributed by atoms with Gasteiger partial charge in [0.05, 0.1) is 66.1 Å². The van der Waals surface area contributed by atoms with Gasteiger partial charge in [0.1, 0.15) is 0 Å². The number of carbonyl (C=O) groups is 1. The van der Waals surface area contributed by atoms with Crippen LogP contribution in [-0.4, -0.2) is 151 Å². The Morgan fingerprint density at radius 2 is 0.760 bits per heavy atom. The quantitative estimate of drug-likeness (QED) is 0.0557. The Balaban J connectivity index is 3.28. The predicted molar refractivity (Wildman–Crippen MR) is 197 cm³/mol. The molecule has 0 aromatic heterocycles. The van der Waals surface area contributed by atoms with Gasteiger partial charge in [0.2, 0.25) is 0 Å². The topological polar surface area (TPSA) is 131 Å². The Hall–Kier alpha value is -0.331. The zero-order chi connectivity index (χ0) is 36.5. The molecule has 0 radical (unpaired) electrons. The predicted octanol–water partition coefficient (Wildman–Crippen LogP) is 6.19. The molecule has 50 heavy (non-hydrogen) atoms. The molecule has 0 spiro atoms. The summed E-state index contributed by atoms with van der Waals surface area (Å²) in [5.74, 6) is 0. The molecule has 13 nitrogen and oxygen atoms in total. The van der Waals surface area contributed by atoms with Gasteiger partial charge in [-0.05, 0) is 6.42 Å². The molecule has 0 aliphatic carbocycles. The third-order valence-electron chi connectivity index (χ3n) is 7.36. The Labute approximate surface area is 310 Å². The fourth-order valence-corrected chi connectivity index (χ4v) is 12.3. The molecule has 0 aromatic rings. The van der Waals surface area contributed by atoms with Gasteiger partial charge in [0.15, 0.2) is 0 Å². The normalized spacial score (nSPS) is 11.8. The van der Waals surface area contributed by atoms with E-state index in [1.54, 1.807) is 0 Å². The number of alkyl carbamates (subject to hydrolysis) is 1. The van der Waals surface area contributed by atoms with Crippen LogP contribution in [0.25, 0.3) is 0 Å². The van der Waals surface area contributed by atoms with Gasteiger partial charge in [0.25, 0.3) is 0 Å². The molecule has 1 amide bonds. The number of hydrogen-bond donors (Lipinski definition) is 1. The molecule has 0 rings (SSSR count). The molecular formula is C36H75NO12Sn. The minimum atomic E-state index is -3.52. The van der Waals surface area contributed by atoms with Crippen LogP contribution in [-0.2, 0) is 47.1 Å². The number of unbranched alkanes of at least 4 members (excludes halogenated alkanes) is 9. The molecule has 0 aromatic carbocycles. The van der Waals surface area contributed by atoms with Crippen LogP contribution in [0.5, 0.6) is 0 Å². The summed E-state index contributed by atoms with van der Waals surface area (Å²) in [6, 6.07) is 0. The standard InChI is InChI=1S/C30H60NO9.3C2H5O.Sn/c1-3-5-6-7-8-9-10-11-12-13-15-33-16-17-34-18-19-35-20-21-36-22-23-37-24-25-38-26-27-39-28-29-40-30(32)31-14-4-2;3*1-2-3;/h2-29H2,1H3,(H,31,32);3*2H2,1H3;/q;3*-1;+3. The number of ether oxygens (including phenoxy) is 8. The van der Waals surface area contributed by atoms with Gasteiger partial charge in [-0.25, -0.2) is 0 Å². The van der Waals surface area contributed by atoms with E-state index in [9.17, 15) is 4.79 Å². The summed E-state index contributed by atoms with van der Waals surface area (Å²) in [4.78, 5) is 11.9.